The molecule has 0 amide bonds. The lowest BCUT2D eigenvalue weighted by Gasteiger charge is -2.09. The van der Waals surface area contributed by atoms with Gasteiger partial charge in [0.25, 0.3) is 0 Å². The average Bonchev–Trinajstić information content (AvgIpc) is 3.06. The number of nitriles is 1. The van der Waals surface area contributed by atoms with Crippen LogP contribution in [0.25, 0.3) is 11.0 Å². The number of rotatable bonds is 5. The Balaban J connectivity index is 1.71. The Kier molecular flexibility index (Phi) is 5.19. The van der Waals surface area contributed by atoms with Crippen LogP contribution in [-0.4, -0.2) is 21.9 Å². The summed E-state index contributed by atoms with van der Waals surface area (Å²) in [5, 5.41) is 14.8. The fourth-order valence-electron chi connectivity index (χ4n) is 3.06. The lowest BCUT2D eigenvalue weighted by molar-refractivity contribution is 0.414. The van der Waals surface area contributed by atoms with Crippen LogP contribution in [0.1, 0.15) is 16.7 Å². The first-order valence-electron chi connectivity index (χ1n) is 8.91. The number of ether oxygens (including phenoxy) is 2. The van der Waals surface area contributed by atoms with Crippen LogP contribution in [0.15, 0.2) is 59.3 Å². The van der Waals surface area contributed by atoms with Gasteiger partial charge in [0, 0.05) is 12.3 Å². The summed E-state index contributed by atoms with van der Waals surface area (Å²) < 4.78 is 13.7. The van der Waals surface area contributed by atoms with Crippen molar-refractivity contribution in [2.24, 2.45) is 0 Å². The minimum atomic E-state index is 0.483. The maximum Gasteiger partial charge on any atom is 0.163 e. The fourth-order valence-corrected chi connectivity index (χ4v) is 3.63. The third kappa shape index (κ3) is 3.80. The Hall–Kier alpha value is -3.37. The molecule has 4 rings (SSSR count). The Morgan fingerprint density at radius 3 is 2.62 bits per heavy atom. The van der Waals surface area contributed by atoms with Gasteiger partial charge in [-0.05, 0) is 58.2 Å². The van der Waals surface area contributed by atoms with E-state index in [1.165, 1.54) is 0 Å². The molecule has 0 bridgehead atoms. The molecule has 0 spiro atoms. The van der Waals surface area contributed by atoms with E-state index in [1.807, 2.05) is 41.9 Å². The fraction of sp³-hybridized carbons (Fsp3) is 0.136. The van der Waals surface area contributed by atoms with Gasteiger partial charge in [0.2, 0.25) is 0 Å². The maximum atomic E-state index is 9.42. The molecular weight excluding hydrogens is 432 g/mol. The summed E-state index contributed by atoms with van der Waals surface area (Å²) >= 11 is 3.53. The molecule has 0 saturated heterocycles. The molecule has 144 valence electrons. The second-order valence-corrected chi connectivity index (χ2v) is 7.27. The van der Waals surface area contributed by atoms with E-state index in [9.17, 15) is 5.26 Å². The Bertz CT molecular complexity index is 1230. The Morgan fingerprint density at radius 1 is 1.10 bits per heavy atom. The van der Waals surface area contributed by atoms with E-state index >= 15 is 0 Å². The molecule has 7 heteroatoms. The minimum absolute atomic E-state index is 0.483. The number of halogens is 1. The van der Waals surface area contributed by atoms with Crippen LogP contribution in [-0.2, 0) is 6.54 Å². The number of pyridine rings is 1. The molecule has 2 heterocycles. The average molecular weight is 449 g/mol. The molecule has 0 fully saturated rings. The number of nitrogens with zero attached hydrogens (tertiary/aromatic N) is 4. The lowest BCUT2D eigenvalue weighted by atomic mass is 10.1. The zero-order valence-electron chi connectivity index (χ0n) is 15.9. The van der Waals surface area contributed by atoms with Crippen LogP contribution < -0.4 is 9.47 Å². The van der Waals surface area contributed by atoms with Crippen LogP contribution in [0.5, 0.6) is 17.2 Å². The maximum absolute atomic E-state index is 9.42. The van der Waals surface area contributed by atoms with Gasteiger partial charge >= 0.3 is 0 Å². The van der Waals surface area contributed by atoms with Gasteiger partial charge < -0.3 is 9.47 Å². The van der Waals surface area contributed by atoms with Crippen molar-refractivity contribution in [3.8, 4) is 23.3 Å². The molecule has 0 N–H and O–H groups in total. The van der Waals surface area contributed by atoms with E-state index in [-0.39, 0.29) is 0 Å². The molecule has 2 aromatic carbocycles. The molecule has 29 heavy (non-hydrogen) atoms. The van der Waals surface area contributed by atoms with Gasteiger partial charge in [-0.1, -0.05) is 18.2 Å². The number of aryl methyl sites for hydroxylation is 1. The van der Waals surface area contributed by atoms with E-state index < -0.39 is 0 Å². The van der Waals surface area contributed by atoms with E-state index in [2.05, 4.69) is 32.1 Å². The number of methoxy groups -OCH3 is 1. The predicted octanol–water partition coefficient (Wildman–Crippen LogP) is 5.22. The first-order chi connectivity index (χ1) is 14.1. The molecule has 0 aliphatic heterocycles. The molecule has 4 aromatic rings. The summed E-state index contributed by atoms with van der Waals surface area (Å²) in [5.74, 6) is 1.89. The highest BCUT2D eigenvalue weighted by atomic mass is 79.9. The van der Waals surface area contributed by atoms with Gasteiger partial charge in [0.05, 0.1) is 24.6 Å². The zero-order valence-corrected chi connectivity index (χ0v) is 17.5. The van der Waals surface area contributed by atoms with E-state index in [4.69, 9.17) is 9.47 Å². The first kappa shape index (κ1) is 19.0. The Labute approximate surface area is 176 Å². The zero-order chi connectivity index (χ0) is 20.4. The van der Waals surface area contributed by atoms with Crippen molar-refractivity contribution >= 4 is 27.0 Å². The van der Waals surface area contributed by atoms with Crippen LogP contribution in [0, 0.1) is 18.3 Å². The number of fused-ring (bicyclic) bond motifs is 1. The van der Waals surface area contributed by atoms with E-state index in [1.54, 1.807) is 31.5 Å². The quantitative estimate of drug-likeness (QED) is 0.418. The smallest absolute Gasteiger partial charge is 0.163 e. The minimum Gasteiger partial charge on any atom is -0.497 e. The summed E-state index contributed by atoms with van der Waals surface area (Å²) in [7, 11) is 1.64. The predicted molar refractivity (Wildman–Crippen MR) is 113 cm³/mol. The standard InChI is InChI=1S/C22H17BrN4O2/c1-14-3-8-18(16(11-14)12-24)29-19-9-10-25-22-20(19)21(23)26-27(22)13-15-4-6-17(28-2)7-5-15/h3-11H,13H2,1-2H3. The molecule has 0 aliphatic carbocycles. The first-order valence-corrected chi connectivity index (χ1v) is 9.71. The van der Waals surface area contributed by atoms with Crippen molar-refractivity contribution in [2.75, 3.05) is 7.11 Å². The normalized spacial score (nSPS) is 10.7. The van der Waals surface area contributed by atoms with Crippen LogP contribution >= 0.6 is 15.9 Å². The molecule has 0 radical (unpaired) electrons. The molecule has 0 saturated carbocycles. The third-order valence-electron chi connectivity index (χ3n) is 4.52. The highest BCUT2D eigenvalue weighted by molar-refractivity contribution is 9.10. The van der Waals surface area contributed by atoms with Crippen molar-refractivity contribution in [3.05, 3.63) is 76.0 Å². The van der Waals surface area contributed by atoms with Gasteiger partial charge in [-0.15, -0.1) is 0 Å². The summed E-state index contributed by atoms with van der Waals surface area (Å²) in [6, 6.07) is 17.3. The van der Waals surface area contributed by atoms with Crippen molar-refractivity contribution < 1.29 is 9.47 Å². The largest absolute Gasteiger partial charge is 0.497 e. The number of benzene rings is 2. The van der Waals surface area contributed by atoms with E-state index in [0.717, 1.165) is 22.3 Å². The number of hydrogen-bond acceptors (Lipinski definition) is 5. The monoisotopic (exact) mass is 448 g/mol. The highest BCUT2D eigenvalue weighted by Gasteiger charge is 2.17. The van der Waals surface area contributed by atoms with Gasteiger partial charge in [0.15, 0.2) is 5.65 Å². The molecule has 6 nitrogen and oxygen atoms in total. The molecule has 0 atom stereocenters. The van der Waals surface area contributed by atoms with Crippen LogP contribution in [0.4, 0.5) is 0 Å². The molecule has 0 unspecified atom stereocenters. The van der Waals surface area contributed by atoms with Gasteiger partial charge in [0.1, 0.15) is 27.9 Å². The van der Waals surface area contributed by atoms with Crippen molar-refractivity contribution in [1.29, 1.82) is 5.26 Å². The molecule has 0 aliphatic rings. The lowest BCUT2D eigenvalue weighted by Crippen LogP contribution is -2.02. The van der Waals surface area contributed by atoms with Crippen LogP contribution in [0.2, 0.25) is 0 Å². The van der Waals surface area contributed by atoms with Gasteiger partial charge in [-0.3, -0.25) is 0 Å². The summed E-state index contributed by atoms with van der Waals surface area (Å²) in [6.45, 7) is 2.49. The number of aromatic nitrogens is 3. The van der Waals surface area contributed by atoms with Gasteiger partial charge in [-0.25, -0.2) is 9.67 Å². The second-order valence-electron chi connectivity index (χ2n) is 6.52. The molecular formula is C22H17BrN4O2. The van der Waals surface area contributed by atoms with Crippen LogP contribution in [0.3, 0.4) is 0 Å². The highest BCUT2D eigenvalue weighted by Crippen LogP contribution is 2.35. The summed E-state index contributed by atoms with van der Waals surface area (Å²) in [4.78, 5) is 4.49. The Morgan fingerprint density at radius 2 is 1.90 bits per heavy atom. The SMILES string of the molecule is COc1ccc(Cn2nc(Br)c3c(Oc4ccc(C)cc4C#N)ccnc32)cc1. The van der Waals surface area contributed by atoms with Crippen molar-refractivity contribution in [2.45, 2.75) is 13.5 Å². The summed E-state index contributed by atoms with van der Waals surface area (Å²) in [5.41, 5.74) is 3.25. The topological polar surface area (TPSA) is 73.0 Å². The van der Waals surface area contributed by atoms with E-state index in [0.29, 0.717) is 33.9 Å². The summed E-state index contributed by atoms with van der Waals surface area (Å²) in [6.07, 6.45) is 1.68. The second kappa shape index (κ2) is 7.94. The third-order valence-corrected chi connectivity index (χ3v) is 5.07. The van der Waals surface area contributed by atoms with Gasteiger partial charge in [-0.2, -0.15) is 10.4 Å². The molecule has 2 aromatic heterocycles. The van der Waals surface area contributed by atoms with Crippen molar-refractivity contribution in [1.82, 2.24) is 14.8 Å². The van der Waals surface area contributed by atoms with Crippen molar-refractivity contribution in [3.63, 3.8) is 0 Å². The number of hydrogen-bond donors (Lipinski definition) is 0.